The molecule has 0 saturated heterocycles. The van der Waals surface area contributed by atoms with Gasteiger partial charge in [0.2, 0.25) is 11.3 Å². The predicted octanol–water partition coefficient (Wildman–Crippen LogP) is 2.74. The summed E-state index contributed by atoms with van der Waals surface area (Å²) in [6.07, 6.45) is 0.203. The Kier molecular flexibility index (Phi) is 7.95. The molecule has 0 aliphatic carbocycles. The number of rotatable bonds is 9. The first-order chi connectivity index (χ1) is 14.2. The van der Waals surface area contributed by atoms with Gasteiger partial charge in [-0.25, -0.2) is 9.59 Å². The Morgan fingerprint density at radius 2 is 1.57 bits per heavy atom. The zero-order valence-corrected chi connectivity index (χ0v) is 18.9. The van der Waals surface area contributed by atoms with Gasteiger partial charge in [0.25, 0.3) is 0 Å². The van der Waals surface area contributed by atoms with E-state index in [-0.39, 0.29) is 31.2 Å². The second-order valence-electron chi connectivity index (χ2n) is 7.47. The quantitative estimate of drug-likeness (QED) is 0.479. The molecule has 0 saturated carbocycles. The maximum absolute atomic E-state index is 13.2. The van der Waals surface area contributed by atoms with Crippen LogP contribution in [0.15, 0.2) is 6.07 Å². The molecule has 0 aromatic heterocycles. The summed E-state index contributed by atoms with van der Waals surface area (Å²) in [6.45, 7) is 11.5. The highest BCUT2D eigenvalue weighted by Crippen LogP contribution is 2.49. The molecule has 0 atom stereocenters. The van der Waals surface area contributed by atoms with Crippen LogP contribution >= 0.6 is 0 Å². The van der Waals surface area contributed by atoms with Crippen molar-refractivity contribution in [2.45, 2.75) is 65.7 Å². The van der Waals surface area contributed by atoms with Gasteiger partial charge in [0.1, 0.15) is 0 Å². The average molecular weight is 424 g/mol. The second kappa shape index (κ2) is 10.0. The zero-order chi connectivity index (χ0) is 22.5. The van der Waals surface area contributed by atoms with E-state index in [1.807, 2.05) is 27.7 Å². The van der Waals surface area contributed by atoms with E-state index < -0.39 is 17.5 Å². The van der Waals surface area contributed by atoms with E-state index in [0.29, 0.717) is 30.0 Å². The van der Waals surface area contributed by atoms with Crippen LogP contribution in [0.5, 0.6) is 17.2 Å². The maximum Gasteiger partial charge on any atom is 0.343 e. The van der Waals surface area contributed by atoms with Crippen molar-refractivity contribution in [1.29, 1.82) is 0 Å². The highest BCUT2D eigenvalue weighted by atomic mass is 16.6. The predicted molar refractivity (Wildman–Crippen MR) is 111 cm³/mol. The third-order valence-corrected chi connectivity index (χ3v) is 4.53. The Hall–Kier alpha value is -2.48. The summed E-state index contributed by atoms with van der Waals surface area (Å²) in [4.78, 5) is 26.4. The number of esters is 2. The smallest absolute Gasteiger partial charge is 0.343 e. The van der Waals surface area contributed by atoms with Crippen LogP contribution in [0.1, 0.15) is 52.7 Å². The topological polar surface area (TPSA) is 92.3 Å². The van der Waals surface area contributed by atoms with Gasteiger partial charge in [0.05, 0.1) is 32.5 Å². The normalized spacial score (nSPS) is 14.8. The van der Waals surface area contributed by atoms with Crippen molar-refractivity contribution in [3.63, 3.8) is 0 Å². The Morgan fingerprint density at radius 3 is 2.03 bits per heavy atom. The van der Waals surface area contributed by atoms with Crippen LogP contribution in [0.4, 0.5) is 0 Å². The van der Waals surface area contributed by atoms with Crippen molar-refractivity contribution in [3.05, 3.63) is 17.2 Å². The van der Waals surface area contributed by atoms with Crippen molar-refractivity contribution >= 4 is 11.9 Å². The van der Waals surface area contributed by atoms with Crippen LogP contribution in [-0.4, -0.2) is 51.0 Å². The van der Waals surface area contributed by atoms with E-state index in [1.54, 1.807) is 19.9 Å². The van der Waals surface area contributed by atoms with E-state index in [0.717, 1.165) is 5.56 Å². The Balaban J connectivity index is 2.88. The molecule has 2 rings (SSSR count). The van der Waals surface area contributed by atoms with Gasteiger partial charge < -0.3 is 23.7 Å². The van der Waals surface area contributed by atoms with Gasteiger partial charge in [0, 0.05) is 12.1 Å². The van der Waals surface area contributed by atoms with Gasteiger partial charge in [-0.05, 0) is 59.6 Å². The van der Waals surface area contributed by atoms with Crippen molar-refractivity contribution in [1.82, 2.24) is 5.32 Å². The van der Waals surface area contributed by atoms with Gasteiger partial charge in [-0.2, -0.15) is 0 Å². The van der Waals surface area contributed by atoms with Gasteiger partial charge in [0.15, 0.2) is 11.5 Å². The molecule has 1 aromatic rings. The van der Waals surface area contributed by atoms with Crippen molar-refractivity contribution in [2.24, 2.45) is 0 Å². The second-order valence-corrected chi connectivity index (χ2v) is 7.47. The van der Waals surface area contributed by atoms with Crippen LogP contribution in [0.3, 0.4) is 0 Å². The SMILES string of the molecule is CCOC(=O)C1(C(=O)OCC)NCCc2cc(OC(C)C)c(OC)c(OC(C)C)c21. The highest BCUT2D eigenvalue weighted by Gasteiger charge is 2.56. The summed E-state index contributed by atoms with van der Waals surface area (Å²) in [5.74, 6) is -0.396. The lowest BCUT2D eigenvalue weighted by Gasteiger charge is -2.37. The van der Waals surface area contributed by atoms with Crippen LogP contribution < -0.4 is 19.5 Å². The molecule has 0 fully saturated rings. The standard InChI is InChI=1S/C22H33NO7/c1-8-27-20(24)22(21(25)28-9-2)17-15(10-11-23-22)12-16(29-13(3)4)18(26-7)19(17)30-14(5)6/h12-14,23H,8-11H2,1-7H3. The summed E-state index contributed by atoms with van der Waals surface area (Å²) < 4.78 is 28.3. The number of carbonyl (C=O) groups is 2. The monoisotopic (exact) mass is 423 g/mol. The zero-order valence-electron chi connectivity index (χ0n) is 18.9. The van der Waals surface area contributed by atoms with Crippen molar-refractivity contribution in [2.75, 3.05) is 26.9 Å². The first-order valence-electron chi connectivity index (χ1n) is 10.4. The lowest BCUT2D eigenvalue weighted by molar-refractivity contribution is -0.167. The van der Waals surface area contributed by atoms with Gasteiger partial charge in [-0.1, -0.05) is 0 Å². The molecule has 168 valence electrons. The fraction of sp³-hybridized carbons (Fsp3) is 0.636. The molecular formula is C22H33NO7. The fourth-order valence-electron chi connectivity index (χ4n) is 3.54. The summed E-state index contributed by atoms with van der Waals surface area (Å²) >= 11 is 0. The number of hydrogen-bond acceptors (Lipinski definition) is 8. The number of ether oxygens (including phenoxy) is 5. The largest absolute Gasteiger partial charge is 0.490 e. The minimum atomic E-state index is -1.85. The number of nitrogens with one attached hydrogen (secondary N) is 1. The number of fused-ring (bicyclic) bond motifs is 1. The molecule has 1 aliphatic heterocycles. The van der Waals surface area contributed by atoms with Gasteiger partial charge >= 0.3 is 11.9 Å². The summed E-state index contributed by atoms with van der Waals surface area (Å²) in [5, 5.41) is 3.06. The number of methoxy groups -OCH3 is 1. The molecule has 0 unspecified atom stereocenters. The molecule has 0 amide bonds. The Labute approximate surface area is 178 Å². The lowest BCUT2D eigenvalue weighted by Crippen LogP contribution is -2.60. The molecule has 8 heteroatoms. The molecule has 0 radical (unpaired) electrons. The molecule has 0 bridgehead atoms. The number of benzene rings is 1. The maximum atomic E-state index is 13.2. The molecule has 0 spiro atoms. The third kappa shape index (κ3) is 4.48. The Bertz CT molecular complexity index is 755. The van der Waals surface area contributed by atoms with Crippen LogP contribution in [0.2, 0.25) is 0 Å². The fourth-order valence-corrected chi connectivity index (χ4v) is 3.54. The van der Waals surface area contributed by atoms with E-state index in [4.69, 9.17) is 23.7 Å². The molecule has 1 heterocycles. The van der Waals surface area contributed by atoms with Gasteiger partial charge in [-0.15, -0.1) is 0 Å². The first-order valence-corrected chi connectivity index (χ1v) is 10.4. The summed E-state index contributed by atoms with van der Waals surface area (Å²) in [7, 11) is 1.49. The number of carbonyl (C=O) groups excluding carboxylic acids is 2. The van der Waals surface area contributed by atoms with Crippen LogP contribution in [0, 0.1) is 0 Å². The minimum absolute atomic E-state index is 0.106. The highest BCUT2D eigenvalue weighted by molar-refractivity contribution is 6.07. The number of hydrogen-bond donors (Lipinski definition) is 1. The molecule has 8 nitrogen and oxygen atoms in total. The molecule has 1 aliphatic rings. The molecule has 1 aromatic carbocycles. The van der Waals surface area contributed by atoms with Crippen LogP contribution in [0.25, 0.3) is 0 Å². The lowest BCUT2D eigenvalue weighted by atomic mass is 9.80. The first kappa shape index (κ1) is 23.8. The third-order valence-electron chi connectivity index (χ3n) is 4.53. The average Bonchev–Trinajstić information content (AvgIpc) is 2.66. The molecule has 30 heavy (non-hydrogen) atoms. The van der Waals surface area contributed by atoms with E-state index >= 15 is 0 Å². The van der Waals surface area contributed by atoms with E-state index in [1.165, 1.54) is 7.11 Å². The van der Waals surface area contributed by atoms with Crippen molar-refractivity contribution < 1.29 is 33.3 Å². The van der Waals surface area contributed by atoms with E-state index in [2.05, 4.69) is 5.32 Å². The molecule has 1 N–H and O–H groups in total. The summed E-state index contributed by atoms with van der Waals surface area (Å²) in [5.41, 5.74) is -0.762. The van der Waals surface area contributed by atoms with Gasteiger partial charge in [-0.3, -0.25) is 5.32 Å². The summed E-state index contributed by atoms with van der Waals surface area (Å²) in [6, 6.07) is 1.80. The molecular weight excluding hydrogens is 390 g/mol. The minimum Gasteiger partial charge on any atom is -0.490 e. The Morgan fingerprint density at radius 1 is 1.00 bits per heavy atom. The van der Waals surface area contributed by atoms with Crippen molar-refractivity contribution in [3.8, 4) is 17.2 Å². The van der Waals surface area contributed by atoms with E-state index in [9.17, 15) is 9.59 Å². The van der Waals surface area contributed by atoms with Crippen LogP contribution in [-0.2, 0) is 31.0 Å².